The highest BCUT2D eigenvalue weighted by Crippen LogP contribution is 2.32. The topological polar surface area (TPSA) is 41.1 Å². The molecule has 1 aromatic carbocycles. The molecule has 0 aliphatic carbocycles. The van der Waals surface area contributed by atoms with Crippen molar-refractivity contribution in [2.24, 2.45) is 5.92 Å². The van der Waals surface area contributed by atoms with Gasteiger partial charge in [-0.3, -0.25) is 4.79 Å². The van der Waals surface area contributed by atoms with Crippen molar-refractivity contribution in [2.45, 2.75) is 44.2 Å². The lowest BCUT2D eigenvalue weighted by molar-refractivity contribution is -0.117. The van der Waals surface area contributed by atoms with Gasteiger partial charge in [0.1, 0.15) is 11.6 Å². The summed E-state index contributed by atoms with van der Waals surface area (Å²) in [6.45, 7) is 0. The van der Waals surface area contributed by atoms with Crippen LogP contribution in [0.3, 0.4) is 0 Å². The molecule has 0 aromatic heterocycles. The molecule has 2 bridgehead atoms. The van der Waals surface area contributed by atoms with Gasteiger partial charge in [0.2, 0.25) is 5.91 Å². The van der Waals surface area contributed by atoms with Crippen LogP contribution in [0.4, 0.5) is 14.5 Å². The van der Waals surface area contributed by atoms with Crippen LogP contribution < -0.4 is 10.6 Å². The monoisotopic (exact) mass is 316 g/mol. The Kier molecular flexibility index (Phi) is 5.17. The zero-order valence-electron chi connectivity index (χ0n) is 11.6. The van der Waals surface area contributed by atoms with Crippen molar-refractivity contribution in [3.8, 4) is 0 Å². The number of fused-ring (bicyclic) bond motifs is 2. The third-order valence-corrected chi connectivity index (χ3v) is 4.19. The molecule has 2 aliphatic rings. The van der Waals surface area contributed by atoms with Crippen molar-refractivity contribution in [1.82, 2.24) is 5.32 Å². The summed E-state index contributed by atoms with van der Waals surface area (Å²) in [6, 6.07) is 4.14. The molecule has 2 unspecified atom stereocenters. The van der Waals surface area contributed by atoms with Gasteiger partial charge in [-0.25, -0.2) is 8.78 Å². The highest BCUT2D eigenvalue weighted by molar-refractivity contribution is 5.90. The Balaban J connectivity index is 0.00000161. The van der Waals surface area contributed by atoms with Crippen molar-refractivity contribution >= 4 is 24.0 Å². The number of halogens is 3. The lowest BCUT2D eigenvalue weighted by Crippen LogP contribution is -2.39. The second-order valence-corrected chi connectivity index (χ2v) is 5.89. The van der Waals surface area contributed by atoms with Gasteiger partial charge in [-0.15, -0.1) is 12.4 Å². The molecule has 2 heterocycles. The molecule has 6 heteroatoms. The zero-order valence-corrected chi connectivity index (χ0v) is 12.4. The molecular weight excluding hydrogens is 298 g/mol. The third-order valence-electron chi connectivity index (χ3n) is 4.19. The van der Waals surface area contributed by atoms with Crippen molar-refractivity contribution in [3.05, 3.63) is 29.8 Å². The molecule has 2 N–H and O–H groups in total. The van der Waals surface area contributed by atoms with Gasteiger partial charge in [-0.1, -0.05) is 0 Å². The van der Waals surface area contributed by atoms with Crippen molar-refractivity contribution in [2.75, 3.05) is 5.32 Å². The molecule has 3 nitrogen and oxygen atoms in total. The van der Waals surface area contributed by atoms with E-state index in [1.165, 1.54) is 12.8 Å². The van der Waals surface area contributed by atoms with Crippen LogP contribution in [0.1, 0.15) is 32.1 Å². The molecule has 116 valence electrons. The number of piperidine rings is 1. The summed E-state index contributed by atoms with van der Waals surface area (Å²) < 4.78 is 26.1. The number of rotatable bonds is 3. The first-order chi connectivity index (χ1) is 9.58. The van der Waals surface area contributed by atoms with E-state index < -0.39 is 11.6 Å². The van der Waals surface area contributed by atoms with Crippen LogP contribution >= 0.6 is 12.4 Å². The molecule has 1 amide bonds. The van der Waals surface area contributed by atoms with Gasteiger partial charge in [0, 0.05) is 30.3 Å². The van der Waals surface area contributed by atoms with E-state index in [1.807, 2.05) is 0 Å². The van der Waals surface area contributed by atoms with E-state index in [-0.39, 0.29) is 24.0 Å². The summed E-state index contributed by atoms with van der Waals surface area (Å²) in [5, 5.41) is 6.11. The fourth-order valence-electron chi connectivity index (χ4n) is 3.44. The molecule has 0 spiro atoms. The summed E-state index contributed by atoms with van der Waals surface area (Å²) in [4.78, 5) is 12.0. The Morgan fingerprint density at radius 1 is 1.14 bits per heavy atom. The van der Waals surface area contributed by atoms with Crippen LogP contribution in [0.25, 0.3) is 0 Å². The first kappa shape index (κ1) is 16.2. The number of hydrogen-bond acceptors (Lipinski definition) is 2. The smallest absolute Gasteiger partial charge is 0.224 e. The molecule has 2 saturated heterocycles. The lowest BCUT2D eigenvalue weighted by atomic mass is 9.89. The maximum atomic E-state index is 13.0. The van der Waals surface area contributed by atoms with E-state index in [1.54, 1.807) is 0 Å². The molecule has 3 rings (SSSR count). The van der Waals surface area contributed by atoms with Crippen molar-refractivity contribution in [3.63, 3.8) is 0 Å². The fraction of sp³-hybridized carbons (Fsp3) is 0.533. The van der Waals surface area contributed by atoms with Gasteiger partial charge in [-0.05, 0) is 43.7 Å². The zero-order chi connectivity index (χ0) is 14.1. The van der Waals surface area contributed by atoms with E-state index in [2.05, 4.69) is 10.6 Å². The number of carbonyl (C=O) groups is 1. The quantitative estimate of drug-likeness (QED) is 0.899. The first-order valence-electron chi connectivity index (χ1n) is 7.10. The predicted molar refractivity (Wildman–Crippen MR) is 79.5 cm³/mol. The van der Waals surface area contributed by atoms with Crippen molar-refractivity contribution < 1.29 is 13.6 Å². The number of carbonyl (C=O) groups excluding carboxylic acids is 1. The van der Waals surface area contributed by atoms with E-state index in [0.29, 0.717) is 24.4 Å². The molecular formula is C15H19ClF2N2O. The molecule has 2 aliphatic heterocycles. The summed E-state index contributed by atoms with van der Waals surface area (Å²) >= 11 is 0. The van der Waals surface area contributed by atoms with E-state index in [0.717, 1.165) is 31.0 Å². The molecule has 0 saturated carbocycles. The second-order valence-electron chi connectivity index (χ2n) is 5.89. The number of hydrogen-bond donors (Lipinski definition) is 2. The average Bonchev–Trinajstić information content (AvgIpc) is 2.67. The highest BCUT2D eigenvalue weighted by Gasteiger charge is 2.34. The highest BCUT2D eigenvalue weighted by atomic mass is 35.5. The Hall–Kier alpha value is -1.20. The number of anilines is 1. The normalized spacial score (nSPS) is 27.0. The van der Waals surface area contributed by atoms with Gasteiger partial charge in [0.15, 0.2) is 0 Å². The minimum Gasteiger partial charge on any atom is -0.326 e. The number of benzene rings is 1. The number of nitrogens with one attached hydrogen (secondary N) is 2. The maximum Gasteiger partial charge on any atom is 0.224 e. The minimum absolute atomic E-state index is 0. The lowest BCUT2D eigenvalue weighted by Gasteiger charge is -2.28. The summed E-state index contributed by atoms with van der Waals surface area (Å²) in [6.07, 6.45) is 4.84. The Labute approximate surface area is 128 Å². The van der Waals surface area contributed by atoms with Gasteiger partial charge < -0.3 is 10.6 Å². The van der Waals surface area contributed by atoms with Gasteiger partial charge in [0.05, 0.1) is 0 Å². The van der Waals surface area contributed by atoms with Crippen LogP contribution in [0.5, 0.6) is 0 Å². The van der Waals surface area contributed by atoms with Crippen LogP contribution in [-0.4, -0.2) is 18.0 Å². The van der Waals surface area contributed by atoms with Gasteiger partial charge >= 0.3 is 0 Å². The third kappa shape index (κ3) is 4.14. The first-order valence-corrected chi connectivity index (χ1v) is 7.10. The fourth-order valence-corrected chi connectivity index (χ4v) is 3.44. The van der Waals surface area contributed by atoms with Crippen LogP contribution in [0.15, 0.2) is 18.2 Å². The van der Waals surface area contributed by atoms with Crippen molar-refractivity contribution in [1.29, 1.82) is 0 Å². The summed E-state index contributed by atoms with van der Waals surface area (Å²) in [7, 11) is 0. The Morgan fingerprint density at radius 3 is 2.29 bits per heavy atom. The summed E-state index contributed by atoms with van der Waals surface area (Å²) in [5.74, 6) is -1.16. The standard InChI is InChI=1S/C15H18F2N2O.ClH/c16-10-6-11(17)8-14(7-10)19-15(20)5-9-3-12-1-2-13(4-9)18-12;/h6-9,12-13,18H,1-5H2,(H,19,20);1H. The Morgan fingerprint density at radius 2 is 1.71 bits per heavy atom. The SMILES string of the molecule is Cl.O=C(CC1CC2CCC(C1)N2)Nc1cc(F)cc(F)c1. The van der Waals surface area contributed by atoms with E-state index in [9.17, 15) is 13.6 Å². The van der Waals surface area contributed by atoms with E-state index >= 15 is 0 Å². The molecule has 1 aromatic rings. The van der Waals surface area contributed by atoms with Crippen LogP contribution in [0.2, 0.25) is 0 Å². The van der Waals surface area contributed by atoms with Gasteiger partial charge in [-0.2, -0.15) is 0 Å². The molecule has 21 heavy (non-hydrogen) atoms. The number of amides is 1. The Bertz CT molecular complexity index is 494. The molecule has 2 atom stereocenters. The van der Waals surface area contributed by atoms with E-state index in [4.69, 9.17) is 0 Å². The molecule has 2 fully saturated rings. The minimum atomic E-state index is -0.680. The summed E-state index contributed by atoms with van der Waals surface area (Å²) in [5.41, 5.74) is 0.185. The molecule has 0 radical (unpaired) electrons. The average molecular weight is 317 g/mol. The largest absolute Gasteiger partial charge is 0.326 e. The predicted octanol–water partition coefficient (Wildman–Crippen LogP) is 3.25. The van der Waals surface area contributed by atoms with Crippen LogP contribution in [-0.2, 0) is 4.79 Å². The van der Waals surface area contributed by atoms with Gasteiger partial charge in [0.25, 0.3) is 0 Å². The maximum absolute atomic E-state index is 13.0. The second kappa shape index (κ2) is 6.71. The van der Waals surface area contributed by atoms with Crippen LogP contribution in [0, 0.1) is 17.6 Å².